The summed E-state index contributed by atoms with van der Waals surface area (Å²) in [7, 11) is 1.29. The third kappa shape index (κ3) is 1.25. The van der Waals surface area contributed by atoms with Crippen LogP contribution in [0.2, 0.25) is 0 Å². The zero-order chi connectivity index (χ0) is 10.1. The maximum atomic E-state index is 13.2. The number of aromatic nitrogens is 1. The van der Waals surface area contributed by atoms with E-state index >= 15 is 0 Å². The first-order valence-electron chi connectivity index (χ1n) is 4.07. The summed E-state index contributed by atoms with van der Waals surface area (Å²) in [6.45, 7) is 0. The van der Waals surface area contributed by atoms with Gasteiger partial charge in [0.25, 0.3) is 0 Å². The minimum Gasteiger partial charge on any atom is -0.465 e. The van der Waals surface area contributed by atoms with E-state index in [1.54, 1.807) is 16.7 Å². The molecular weight excluding hydrogens is 185 g/mol. The summed E-state index contributed by atoms with van der Waals surface area (Å²) < 4.78 is 19.3. The predicted octanol–water partition coefficient (Wildman–Crippen LogP) is 1.86. The van der Waals surface area contributed by atoms with Crippen molar-refractivity contribution in [1.82, 2.24) is 4.40 Å². The van der Waals surface area contributed by atoms with E-state index < -0.39 is 5.97 Å². The fourth-order valence-electron chi connectivity index (χ4n) is 1.33. The van der Waals surface area contributed by atoms with Crippen LogP contribution in [0, 0.1) is 5.82 Å². The Morgan fingerprint density at radius 2 is 2.36 bits per heavy atom. The van der Waals surface area contributed by atoms with Gasteiger partial charge in [0.2, 0.25) is 0 Å². The number of esters is 1. The van der Waals surface area contributed by atoms with Crippen LogP contribution in [0.3, 0.4) is 0 Å². The third-order valence-electron chi connectivity index (χ3n) is 2.00. The molecule has 0 aromatic carbocycles. The van der Waals surface area contributed by atoms with E-state index in [-0.39, 0.29) is 5.82 Å². The van der Waals surface area contributed by atoms with E-state index in [1.165, 1.54) is 25.4 Å². The summed E-state index contributed by atoms with van der Waals surface area (Å²) in [5, 5.41) is 0. The van der Waals surface area contributed by atoms with E-state index in [4.69, 9.17) is 0 Å². The van der Waals surface area contributed by atoms with Crippen LogP contribution in [0.5, 0.6) is 0 Å². The standard InChI is InChI=1S/C10H8FNO2/c1-14-10(13)7-5-9-8(11)3-2-4-12(9)6-7/h2-6H,1H3. The van der Waals surface area contributed by atoms with Crippen LogP contribution in [0.25, 0.3) is 5.52 Å². The van der Waals surface area contributed by atoms with Crippen LogP contribution < -0.4 is 0 Å². The molecule has 2 aromatic rings. The Bertz CT molecular complexity index is 490. The van der Waals surface area contributed by atoms with Crippen molar-refractivity contribution in [2.75, 3.05) is 7.11 Å². The lowest BCUT2D eigenvalue weighted by Gasteiger charge is -1.92. The Labute approximate surface area is 79.7 Å². The third-order valence-corrected chi connectivity index (χ3v) is 2.00. The second kappa shape index (κ2) is 3.14. The van der Waals surface area contributed by atoms with Crippen LogP contribution >= 0.6 is 0 Å². The van der Waals surface area contributed by atoms with Crippen molar-refractivity contribution in [3.05, 3.63) is 42.0 Å². The molecule has 0 radical (unpaired) electrons. The van der Waals surface area contributed by atoms with Gasteiger partial charge < -0.3 is 9.14 Å². The minimum atomic E-state index is -0.465. The molecule has 0 N–H and O–H groups in total. The van der Waals surface area contributed by atoms with Crippen molar-refractivity contribution in [3.63, 3.8) is 0 Å². The van der Waals surface area contributed by atoms with Crippen LogP contribution in [-0.2, 0) is 4.74 Å². The molecule has 0 aliphatic carbocycles. The van der Waals surface area contributed by atoms with Crippen LogP contribution in [0.1, 0.15) is 10.4 Å². The lowest BCUT2D eigenvalue weighted by Crippen LogP contribution is -1.98. The largest absolute Gasteiger partial charge is 0.465 e. The summed E-state index contributed by atoms with van der Waals surface area (Å²) in [6.07, 6.45) is 3.20. The maximum Gasteiger partial charge on any atom is 0.339 e. The van der Waals surface area contributed by atoms with Crippen molar-refractivity contribution in [1.29, 1.82) is 0 Å². The van der Waals surface area contributed by atoms with Crippen LogP contribution in [-0.4, -0.2) is 17.5 Å². The molecule has 0 atom stereocenters. The summed E-state index contributed by atoms with van der Waals surface area (Å²) in [5.74, 6) is -0.823. The second-order valence-corrected chi connectivity index (χ2v) is 2.87. The summed E-state index contributed by atoms with van der Waals surface area (Å²) in [5.41, 5.74) is 0.713. The molecule has 0 spiro atoms. The van der Waals surface area contributed by atoms with Gasteiger partial charge in [-0.3, -0.25) is 0 Å². The lowest BCUT2D eigenvalue weighted by atomic mass is 10.3. The molecule has 0 fully saturated rings. The number of ether oxygens (including phenoxy) is 1. The number of halogens is 1. The van der Waals surface area contributed by atoms with Gasteiger partial charge in [0.05, 0.1) is 18.2 Å². The van der Waals surface area contributed by atoms with Gasteiger partial charge in [-0.1, -0.05) is 0 Å². The van der Waals surface area contributed by atoms with Gasteiger partial charge in [-0.25, -0.2) is 9.18 Å². The molecule has 2 aromatic heterocycles. The average molecular weight is 193 g/mol. The first kappa shape index (κ1) is 8.74. The first-order chi connectivity index (χ1) is 6.72. The van der Waals surface area contributed by atoms with Gasteiger partial charge in [0, 0.05) is 12.4 Å². The number of rotatable bonds is 1. The fourth-order valence-corrected chi connectivity index (χ4v) is 1.33. The lowest BCUT2D eigenvalue weighted by molar-refractivity contribution is 0.0601. The van der Waals surface area contributed by atoms with E-state index in [0.717, 1.165) is 0 Å². The fraction of sp³-hybridized carbons (Fsp3) is 0.100. The molecule has 0 amide bonds. The Kier molecular flexibility index (Phi) is 1.96. The summed E-state index contributed by atoms with van der Waals surface area (Å²) >= 11 is 0. The van der Waals surface area contributed by atoms with Gasteiger partial charge in [-0.2, -0.15) is 0 Å². The van der Waals surface area contributed by atoms with E-state index in [0.29, 0.717) is 11.1 Å². The zero-order valence-electron chi connectivity index (χ0n) is 7.53. The number of carbonyl (C=O) groups is 1. The number of pyridine rings is 1. The van der Waals surface area contributed by atoms with E-state index in [1.807, 2.05) is 0 Å². The quantitative estimate of drug-likeness (QED) is 0.647. The number of fused-ring (bicyclic) bond motifs is 1. The van der Waals surface area contributed by atoms with E-state index in [9.17, 15) is 9.18 Å². The van der Waals surface area contributed by atoms with E-state index in [2.05, 4.69) is 4.74 Å². The number of hydrogen-bond donors (Lipinski definition) is 0. The van der Waals surface area contributed by atoms with Crippen molar-refractivity contribution < 1.29 is 13.9 Å². The number of nitrogens with zero attached hydrogens (tertiary/aromatic N) is 1. The first-order valence-corrected chi connectivity index (χ1v) is 4.07. The molecule has 14 heavy (non-hydrogen) atoms. The minimum absolute atomic E-state index is 0.345. The molecule has 0 unspecified atom stereocenters. The van der Waals surface area contributed by atoms with Crippen LogP contribution in [0.15, 0.2) is 30.6 Å². The maximum absolute atomic E-state index is 13.2. The molecule has 4 heteroatoms. The average Bonchev–Trinajstić information content (AvgIpc) is 2.62. The van der Waals surface area contributed by atoms with Gasteiger partial charge in [-0.15, -0.1) is 0 Å². The van der Waals surface area contributed by atoms with Gasteiger partial charge >= 0.3 is 5.97 Å². The molecule has 0 bridgehead atoms. The molecule has 3 nitrogen and oxygen atoms in total. The monoisotopic (exact) mass is 193 g/mol. The Balaban J connectivity index is 2.62. The summed E-state index contributed by atoms with van der Waals surface area (Å²) in [6, 6.07) is 4.38. The highest BCUT2D eigenvalue weighted by Crippen LogP contribution is 2.14. The smallest absolute Gasteiger partial charge is 0.339 e. The Morgan fingerprint density at radius 3 is 3.00 bits per heavy atom. The van der Waals surface area contributed by atoms with Crippen molar-refractivity contribution in [2.24, 2.45) is 0 Å². The highest BCUT2D eigenvalue weighted by molar-refractivity contribution is 5.91. The van der Waals surface area contributed by atoms with Crippen molar-refractivity contribution >= 4 is 11.5 Å². The van der Waals surface area contributed by atoms with Gasteiger partial charge in [-0.05, 0) is 18.2 Å². The normalized spacial score (nSPS) is 10.4. The summed E-state index contributed by atoms with van der Waals surface area (Å²) in [4.78, 5) is 11.1. The zero-order valence-corrected chi connectivity index (χ0v) is 7.53. The SMILES string of the molecule is COC(=O)c1cc2c(F)cccn2c1. The highest BCUT2D eigenvalue weighted by Gasteiger charge is 2.10. The predicted molar refractivity (Wildman–Crippen MR) is 48.7 cm³/mol. The Morgan fingerprint density at radius 1 is 1.57 bits per heavy atom. The molecule has 2 rings (SSSR count). The second-order valence-electron chi connectivity index (χ2n) is 2.87. The molecule has 0 saturated heterocycles. The molecule has 2 heterocycles. The molecule has 0 aliphatic heterocycles. The number of hydrogen-bond acceptors (Lipinski definition) is 2. The van der Waals surface area contributed by atoms with Crippen molar-refractivity contribution in [3.8, 4) is 0 Å². The van der Waals surface area contributed by atoms with Crippen LogP contribution in [0.4, 0.5) is 4.39 Å². The molecule has 0 saturated carbocycles. The Hall–Kier alpha value is -1.84. The number of carbonyl (C=O) groups excluding carboxylic acids is 1. The highest BCUT2D eigenvalue weighted by atomic mass is 19.1. The van der Waals surface area contributed by atoms with Gasteiger partial charge in [0.1, 0.15) is 5.82 Å². The topological polar surface area (TPSA) is 30.7 Å². The van der Waals surface area contributed by atoms with Crippen molar-refractivity contribution in [2.45, 2.75) is 0 Å². The molecule has 72 valence electrons. The van der Waals surface area contributed by atoms with Gasteiger partial charge in [0.15, 0.2) is 0 Å². The molecular formula is C10H8FNO2. The number of methoxy groups -OCH3 is 1. The molecule has 0 aliphatic rings.